The van der Waals surface area contributed by atoms with Crippen LogP contribution in [-0.4, -0.2) is 50.1 Å². The van der Waals surface area contributed by atoms with E-state index in [1.165, 1.54) is 0 Å². The zero-order valence-corrected chi connectivity index (χ0v) is 15.4. The summed E-state index contributed by atoms with van der Waals surface area (Å²) in [4.78, 5) is 6.92. The molecule has 3 heterocycles. The van der Waals surface area contributed by atoms with Crippen LogP contribution in [0.3, 0.4) is 0 Å². The van der Waals surface area contributed by atoms with E-state index < -0.39 is 0 Å². The lowest BCUT2D eigenvalue weighted by molar-refractivity contribution is 0.0789. The van der Waals surface area contributed by atoms with Gasteiger partial charge in [-0.25, -0.2) is 4.98 Å². The third kappa shape index (κ3) is 3.37. The maximum absolute atomic E-state index is 5.91. The number of hydrogen-bond donors (Lipinski definition) is 0. The van der Waals surface area contributed by atoms with Crippen molar-refractivity contribution in [2.45, 2.75) is 32.4 Å². The molecular weight excluding hydrogens is 336 g/mol. The summed E-state index contributed by atoms with van der Waals surface area (Å²) in [5.41, 5.74) is 1.74. The van der Waals surface area contributed by atoms with Crippen LogP contribution in [0.5, 0.6) is 17.2 Å². The highest BCUT2D eigenvalue weighted by atomic mass is 16.7. The molecule has 7 nitrogen and oxygen atoms in total. The summed E-state index contributed by atoms with van der Waals surface area (Å²) < 4.78 is 27.9. The highest BCUT2D eigenvalue weighted by molar-refractivity contribution is 5.66. The molecule has 1 aromatic heterocycles. The van der Waals surface area contributed by atoms with Gasteiger partial charge >= 0.3 is 0 Å². The molecule has 26 heavy (non-hydrogen) atoms. The van der Waals surface area contributed by atoms with Gasteiger partial charge in [-0.1, -0.05) is 0 Å². The van der Waals surface area contributed by atoms with Crippen molar-refractivity contribution in [1.82, 2.24) is 9.88 Å². The molecule has 2 aliphatic heterocycles. The van der Waals surface area contributed by atoms with Gasteiger partial charge in [0, 0.05) is 25.3 Å². The maximum atomic E-state index is 5.91. The number of benzene rings is 1. The van der Waals surface area contributed by atoms with Crippen molar-refractivity contribution in [3.63, 3.8) is 0 Å². The Labute approximate surface area is 152 Å². The summed E-state index contributed by atoms with van der Waals surface area (Å²) in [6.07, 6.45) is 2.60. The molecule has 2 aromatic rings. The summed E-state index contributed by atoms with van der Waals surface area (Å²) >= 11 is 0. The van der Waals surface area contributed by atoms with Gasteiger partial charge in [-0.2, -0.15) is 0 Å². The summed E-state index contributed by atoms with van der Waals surface area (Å²) in [5, 5.41) is 0. The molecular formula is C19H24N2O5. The molecule has 140 valence electrons. The molecule has 0 N–H and O–H groups in total. The lowest BCUT2D eigenvalue weighted by Gasteiger charge is -2.19. The van der Waals surface area contributed by atoms with Gasteiger partial charge in [0.25, 0.3) is 0 Å². The molecule has 2 aliphatic rings. The molecule has 1 fully saturated rings. The molecule has 0 saturated carbocycles. The second kappa shape index (κ2) is 7.17. The molecule has 1 aromatic carbocycles. The van der Waals surface area contributed by atoms with Crippen LogP contribution in [0.15, 0.2) is 16.5 Å². The fourth-order valence-corrected chi connectivity index (χ4v) is 3.41. The number of likely N-dealkylation sites (N-methyl/N-ethyl adjacent to an activating group) is 1. The van der Waals surface area contributed by atoms with Crippen LogP contribution in [0.2, 0.25) is 0 Å². The van der Waals surface area contributed by atoms with Crippen molar-refractivity contribution in [2.24, 2.45) is 0 Å². The van der Waals surface area contributed by atoms with Crippen LogP contribution in [0, 0.1) is 6.92 Å². The van der Waals surface area contributed by atoms with Gasteiger partial charge in [-0.15, -0.1) is 0 Å². The van der Waals surface area contributed by atoms with E-state index in [2.05, 4.69) is 11.9 Å². The molecule has 0 aliphatic carbocycles. The Bertz CT molecular complexity index is 782. The van der Waals surface area contributed by atoms with Gasteiger partial charge in [-0.05, 0) is 38.9 Å². The lowest BCUT2D eigenvalue weighted by Crippen LogP contribution is -2.28. The Hall–Kier alpha value is -2.25. The number of nitrogens with zero attached hydrogens (tertiary/aromatic N) is 2. The maximum Gasteiger partial charge on any atom is 0.231 e. The van der Waals surface area contributed by atoms with E-state index in [1.54, 1.807) is 7.11 Å². The number of methoxy groups -OCH3 is 1. The number of ether oxygens (including phenoxy) is 4. The Morgan fingerprint density at radius 2 is 2.19 bits per heavy atom. The fraction of sp³-hybridized carbons (Fsp3) is 0.526. The quantitative estimate of drug-likeness (QED) is 0.784. The molecule has 0 spiro atoms. The Morgan fingerprint density at radius 1 is 1.31 bits per heavy atom. The molecule has 1 saturated heterocycles. The third-order valence-electron chi connectivity index (χ3n) is 4.76. The topological polar surface area (TPSA) is 66.2 Å². The van der Waals surface area contributed by atoms with Crippen LogP contribution in [0.1, 0.15) is 24.3 Å². The fourth-order valence-electron chi connectivity index (χ4n) is 3.41. The normalized spacial score (nSPS) is 18.7. The smallest absolute Gasteiger partial charge is 0.231 e. The van der Waals surface area contributed by atoms with E-state index in [9.17, 15) is 0 Å². The molecule has 0 amide bonds. The minimum absolute atomic E-state index is 0.193. The van der Waals surface area contributed by atoms with Gasteiger partial charge in [-0.3, -0.25) is 4.90 Å². The lowest BCUT2D eigenvalue weighted by atomic mass is 10.2. The minimum atomic E-state index is 0.193. The predicted octanol–water partition coefficient (Wildman–Crippen LogP) is 3.00. The standard InChI is InChI=1S/C19H24N2O5/c1-12-15(10-21(2)9-14-5-4-6-23-14)20-19(26-12)13-7-16(22-3)18-17(8-13)24-11-25-18/h7-8,14H,4-6,9-11H2,1-3H3/t14-/m1/s1. The van der Waals surface area contributed by atoms with Crippen molar-refractivity contribution in [1.29, 1.82) is 0 Å². The molecule has 4 rings (SSSR count). The van der Waals surface area contributed by atoms with Gasteiger partial charge in [0.1, 0.15) is 5.76 Å². The van der Waals surface area contributed by atoms with Gasteiger partial charge in [0.05, 0.1) is 18.9 Å². The first kappa shape index (κ1) is 17.2. The van der Waals surface area contributed by atoms with E-state index in [-0.39, 0.29) is 6.79 Å². The van der Waals surface area contributed by atoms with Crippen molar-refractivity contribution < 1.29 is 23.4 Å². The van der Waals surface area contributed by atoms with E-state index >= 15 is 0 Å². The van der Waals surface area contributed by atoms with Crippen molar-refractivity contribution >= 4 is 0 Å². The summed E-state index contributed by atoms with van der Waals surface area (Å²) in [6, 6.07) is 3.73. The average Bonchev–Trinajstić information content (AvgIpc) is 3.36. The molecule has 0 unspecified atom stereocenters. The number of oxazole rings is 1. The van der Waals surface area contributed by atoms with E-state index in [1.807, 2.05) is 19.1 Å². The monoisotopic (exact) mass is 360 g/mol. The molecule has 0 radical (unpaired) electrons. The number of fused-ring (bicyclic) bond motifs is 1. The minimum Gasteiger partial charge on any atom is -0.493 e. The molecule has 1 atom stereocenters. The summed E-state index contributed by atoms with van der Waals surface area (Å²) in [7, 11) is 3.69. The van der Waals surface area contributed by atoms with Crippen LogP contribution >= 0.6 is 0 Å². The Kier molecular flexibility index (Phi) is 4.74. The highest BCUT2D eigenvalue weighted by Crippen LogP contribution is 2.44. The summed E-state index contributed by atoms with van der Waals surface area (Å²) in [5.74, 6) is 3.25. The second-order valence-corrected chi connectivity index (χ2v) is 6.77. The number of rotatable bonds is 6. The predicted molar refractivity (Wildman–Crippen MR) is 94.7 cm³/mol. The molecule has 7 heteroatoms. The van der Waals surface area contributed by atoms with Crippen molar-refractivity contribution in [2.75, 3.05) is 34.1 Å². The summed E-state index contributed by atoms with van der Waals surface area (Å²) in [6.45, 7) is 4.63. The van der Waals surface area contributed by atoms with Crippen LogP contribution in [0.25, 0.3) is 11.5 Å². The zero-order chi connectivity index (χ0) is 18.1. The average molecular weight is 360 g/mol. The zero-order valence-electron chi connectivity index (χ0n) is 15.4. The van der Waals surface area contributed by atoms with Crippen molar-refractivity contribution in [3.8, 4) is 28.7 Å². The first-order valence-corrected chi connectivity index (χ1v) is 8.88. The number of hydrogen-bond acceptors (Lipinski definition) is 7. The first-order chi connectivity index (χ1) is 12.6. The van der Waals surface area contributed by atoms with Crippen LogP contribution in [-0.2, 0) is 11.3 Å². The van der Waals surface area contributed by atoms with Crippen LogP contribution in [0.4, 0.5) is 0 Å². The van der Waals surface area contributed by atoms with Gasteiger partial charge in [0.15, 0.2) is 11.5 Å². The number of aryl methyl sites for hydroxylation is 1. The first-order valence-electron chi connectivity index (χ1n) is 8.88. The highest BCUT2D eigenvalue weighted by Gasteiger charge is 2.23. The largest absolute Gasteiger partial charge is 0.493 e. The Morgan fingerprint density at radius 3 is 2.96 bits per heavy atom. The van der Waals surface area contributed by atoms with Crippen LogP contribution < -0.4 is 14.2 Å². The van der Waals surface area contributed by atoms with Gasteiger partial charge in [0.2, 0.25) is 18.4 Å². The van der Waals surface area contributed by atoms with E-state index in [4.69, 9.17) is 28.3 Å². The van der Waals surface area contributed by atoms with Gasteiger partial charge < -0.3 is 23.4 Å². The van der Waals surface area contributed by atoms with Crippen molar-refractivity contribution in [3.05, 3.63) is 23.6 Å². The second-order valence-electron chi connectivity index (χ2n) is 6.77. The Balaban J connectivity index is 1.53. The SMILES string of the molecule is COc1cc(-c2nc(CN(C)C[C@H]3CCCO3)c(C)o2)cc2c1OCO2. The molecule has 0 bridgehead atoms. The third-order valence-corrected chi connectivity index (χ3v) is 4.76. The number of aromatic nitrogens is 1. The van der Waals surface area contributed by atoms with E-state index in [0.717, 1.165) is 49.6 Å². The van der Waals surface area contributed by atoms with E-state index in [0.29, 0.717) is 29.2 Å².